The Labute approximate surface area is 156 Å². The molecule has 2 aromatic carbocycles. The summed E-state index contributed by atoms with van der Waals surface area (Å²) in [5.41, 5.74) is 5.44. The number of anilines is 2. The second-order valence-corrected chi connectivity index (χ2v) is 8.80. The van der Waals surface area contributed by atoms with E-state index in [9.17, 15) is 22.0 Å². The van der Waals surface area contributed by atoms with E-state index in [4.69, 9.17) is 5.73 Å². The van der Waals surface area contributed by atoms with Gasteiger partial charge < -0.3 is 11.1 Å². The first-order valence-corrected chi connectivity index (χ1v) is 9.49. The molecule has 2 rings (SSSR count). The van der Waals surface area contributed by atoms with Crippen molar-refractivity contribution >= 4 is 27.3 Å². The molecule has 4 N–H and O–H groups in total. The van der Waals surface area contributed by atoms with Gasteiger partial charge in [-0.1, -0.05) is 6.07 Å². The zero-order chi connectivity index (χ0) is 20.6. The van der Waals surface area contributed by atoms with Gasteiger partial charge in [-0.05, 0) is 51.5 Å². The number of hydrogen-bond donors (Lipinski definition) is 3. The molecule has 9 heteroatoms. The van der Waals surface area contributed by atoms with Crippen molar-refractivity contribution in [1.29, 1.82) is 0 Å². The lowest BCUT2D eigenvalue weighted by atomic mass is 10.1. The topological polar surface area (TPSA) is 101 Å². The lowest BCUT2D eigenvalue weighted by Gasteiger charge is -2.21. The first kappa shape index (κ1) is 20.8. The van der Waals surface area contributed by atoms with Crippen LogP contribution in [0.25, 0.3) is 0 Å². The van der Waals surface area contributed by atoms with Crippen LogP contribution in [-0.2, 0) is 10.0 Å². The van der Waals surface area contributed by atoms with E-state index in [1.54, 1.807) is 39.8 Å². The van der Waals surface area contributed by atoms with E-state index in [2.05, 4.69) is 10.0 Å². The maximum absolute atomic E-state index is 14.1. The fraction of sp³-hybridized carbons (Fsp3) is 0.278. The van der Waals surface area contributed by atoms with Crippen molar-refractivity contribution < 1.29 is 22.0 Å². The lowest BCUT2D eigenvalue weighted by Crippen LogP contribution is -2.40. The number of rotatable bonds is 4. The predicted molar refractivity (Wildman–Crippen MR) is 100.0 cm³/mol. The van der Waals surface area contributed by atoms with Gasteiger partial charge in [0.1, 0.15) is 16.5 Å². The monoisotopic (exact) mass is 397 g/mol. The molecule has 0 unspecified atom stereocenters. The minimum absolute atomic E-state index is 0.191. The van der Waals surface area contributed by atoms with Crippen LogP contribution in [0.15, 0.2) is 35.2 Å². The van der Waals surface area contributed by atoms with Gasteiger partial charge in [-0.2, -0.15) is 0 Å². The zero-order valence-electron chi connectivity index (χ0n) is 15.4. The Bertz CT molecular complexity index is 1000. The van der Waals surface area contributed by atoms with Crippen molar-refractivity contribution in [3.63, 3.8) is 0 Å². The molecular formula is C18H21F2N3O3S. The Kier molecular flexibility index (Phi) is 5.58. The summed E-state index contributed by atoms with van der Waals surface area (Å²) in [4.78, 5) is 11.7. The molecule has 0 atom stereocenters. The molecule has 0 heterocycles. The van der Waals surface area contributed by atoms with Crippen LogP contribution in [0.1, 0.15) is 36.7 Å². The smallest absolute Gasteiger partial charge is 0.256 e. The van der Waals surface area contributed by atoms with Crippen LogP contribution in [-0.4, -0.2) is 19.9 Å². The van der Waals surface area contributed by atoms with Gasteiger partial charge in [0.25, 0.3) is 5.91 Å². The lowest BCUT2D eigenvalue weighted by molar-refractivity contribution is 0.102. The number of hydrogen-bond acceptors (Lipinski definition) is 4. The summed E-state index contributed by atoms with van der Waals surface area (Å²) in [6, 6.07) is 5.80. The van der Waals surface area contributed by atoms with Gasteiger partial charge in [0.2, 0.25) is 10.0 Å². The molecule has 0 aliphatic heterocycles. The number of carbonyl (C=O) groups excluding carboxylic acids is 1. The van der Waals surface area contributed by atoms with Crippen molar-refractivity contribution in [2.75, 3.05) is 11.1 Å². The number of nitrogens with one attached hydrogen (secondary N) is 2. The molecule has 0 fully saturated rings. The first-order chi connectivity index (χ1) is 12.3. The summed E-state index contributed by atoms with van der Waals surface area (Å²) in [7, 11) is -4.27. The van der Waals surface area contributed by atoms with E-state index in [1.165, 1.54) is 6.07 Å². The minimum Gasteiger partial charge on any atom is -0.399 e. The Morgan fingerprint density at radius 1 is 1.07 bits per heavy atom. The molecule has 0 saturated carbocycles. The summed E-state index contributed by atoms with van der Waals surface area (Å²) in [5.74, 6) is -3.06. The van der Waals surface area contributed by atoms with Crippen LogP contribution in [0.4, 0.5) is 20.2 Å². The number of carbonyl (C=O) groups is 1. The molecular weight excluding hydrogens is 376 g/mol. The third kappa shape index (κ3) is 5.01. The van der Waals surface area contributed by atoms with Gasteiger partial charge in [-0.3, -0.25) is 4.79 Å². The number of halogens is 2. The summed E-state index contributed by atoms with van der Waals surface area (Å²) < 4.78 is 55.3. The highest BCUT2D eigenvalue weighted by atomic mass is 32.2. The molecule has 0 aliphatic rings. The average molecular weight is 397 g/mol. The van der Waals surface area contributed by atoms with Crippen molar-refractivity contribution in [2.45, 2.75) is 38.1 Å². The van der Waals surface area contributed by atoms with Crippen molar-refractivity contribution in [1.82, 2.24) is 4.72 Å². The van der Waals surface area contributed by atoms with Gasteiger partial charge in [0.15, 0.2) is 0 Å². The minimum atomic E-state index is -4.27. The van der Waals surface area contributed by atoms with Crippen LogP contribution in [0.3, 0.4) is 0 Å². The van der Waals surface area contributed by atoms with Crippen molar-refractivity contribution in [2.24, 2.45) is 0 Å². The Morgan fingerprint density at radius 2 is 1.70 bits per heavy atom. The quantitative estimate of drug-likeness (QED) is 0.690. The molecule has 6 nitrogen and oxygen atoms in total. The number of aryl methyl sites for hydroxylation is 1. The normalized spacial score (nSPS) is 12.1. The molecule has 0 radical (unpaired) electrons. The van der Waals surface area contributed by atoms with Crippen molar-refractivity contribution in [3.8, 4) is 0 Å². The second-order valence-electron chi connectivity index (χ2n) is 7.15. The molecule has 1 amide bonds. The molecule has 0 spiro atoms. The van der Waals surface area contributed by atoms with E-state index in [-0.39, 0.29) is 5.56 Å². The summed E-state index contributed by atoms with van der Waals surface area (Å²) in [5, 5.41) is 2.27. The molecule has 0 bridgehead atoms. The van der Waals surface area contributed by atoms with Crippen molar-refractivity contribution in [3.05, 3.63) is 53.1 Å². The standard InChI is InChI=1S/C18H21F2N3O3S/c1-10-5-6-11(21)7-12(10)17(24)22-15-9-16(14(20)8-13(15)19)27(25,26)23-18(2,3)4/h5-9,23H,21H2,1-4H3,(H,22,24). The second kappa shape index (κ2) is 7.24. The predicted octanol–water partition coefficient (Wildman–Crippen LogP) is 3.18. The van der Waals surface area contributed by atoms with Crippen LogP contribution >= 0.6 is 0 Å². The zero-order valence-corrected chi connectivity index (χ0v) is 16.2. The number of sulfonamides is 1. The Morgan fingerprint density at radius 3 is 2.30 bits per heavy atom. The SMILES string of the molecule is Cc1ccc(N)cc1C(=O)Nc1cc(S(=O)(=O)NC(C)(C)C)c(F)cc1F. The van der Waals surface area contributed by atoms with Crippen LogP contribution in [0.5, 0.6) is 0 Å². The van der Waals surface area contributed by atoms with Crippen LogP contribution in [0.2, 0.25) is 0 Å². The number of nitrogen functional groups attached to an aromatic ring is 1. The van der Waals surface area contributed by atoms with Gasteiger partial charge >= 0.3 is 0 Å². The largest absolute Gasteiger partial charge is 0.399 e. The third-order valence-electron chi connectivity index (χ3n) is 3.51. The average Bonchev–Trinajstić information content (AvgIpc) is 2.49. The fourth-order valence-electron chi connectivity index (χ4n) is 2.36. The summed E-state index contributed by atoms with van der Waals surface area (Å²) in [6.45, 7) is 6.41. The molecule has 27 heavy (non-hydrogen) atoms. The molecule has 2 aromatic rings. The first-order valence-electron chi connectivity index (χ1n) is 8.01. The van der Waals surface area contributed by atoms with Gasteiger partial charge in [-0.25, -0.2) is 21.9 Å². The number of amides is 1. The number of nitrogens with two attached hydrogens (primary N) is 1. The van der Waals surface area contributed by atoms with Crippen LogP contribution in [0, 0.1) is 18.6 Å². The van der Waals surface area contributed by atoms with Gasteiger partial charge in [0, 0.05) is 22.9 Å². The van der Waals surface area contributed by atoms with E-state index in [0.29, 0.717) is 17.3 Å². The van der Waals surface area contributed by atoms with E-state index < -0.39 is 43.7 Å². The third-order valence-corrected chi connectivity index (χ3v) is 5.28. The van der Waals surface area contributed by atoms with Gasteiger partial charge in [-0.15, -0.1) is 0 Å². The highest BCUT2D eigenvalue weighted by molar-refractivity contribution is 7.89. The summed E-state index contributed by atoms with van der Waals surface area (Å²) in [6.07, 6.45) is 0. The summed E-state index contributed by atoms with van der Waals surface area (Å²) >= 11 is 0. The molecule has 0 aromatic heterocycles. The Hall–Kier alpha value is -2.52. The fourth-order valence-corrected chi connectivity index (χ4v) is 3.87. The highest BCUT2D eigenvalue weighted by Crippen LogP contribution is 2.25. The molecule has 146 valence electrons. The Balaban J connectivity index is 2.44. The maximum atomic E-state index is 14.1. The molecule has 0 aliphatic carbocycles. The number of benzene rings is 2. The maximum Gasteiger partial charge on any atom is 0.256 e. The van der Waals surface area contributed by atoms with E-state index in [0.717, 1.165) is 6.07 Å². The van der Waals surface area contributed by atoms with Crippen LogP contribution < -0.4 is 15.8 Å². The van der Waals surface area contributed by atoms with E-state index >= 15 is 0 Å². The highest BCUT2D eigenvalue weighted by Gasteiger charge is 2.27. The molecule has 0 saturated heterocycles. The van der Waals surface area contributed by atoms with E-state index in [1.807, 2.05) is 0 Å². The van der Waals surface area contributed by atoms with Gasteiger partial charge in [0.05, 0.1) is 5.69 Å².